The molecule has 0 aliphatic carbocycles. The van der Waals surface area contributed by atoms with E-state index in [2.05, 4.69) is 4.98 Å². The highest BCUT2D eigenvalue weighted by Crippen LogP contribution is 2.24. The van der Waals surface area contributed by atoms with Crippen LogP contribution < -0.4 is 0 Å². The van der Waals surface area contributed by atoms with Crippen molar-refractivity contribution in [1.29, 1.82) is 0 Å². The van der Waals surface area contributed by atoms with E-state index in [1.54, 1.807) is 30.5 Å². The van der Waals surface area contributed by atoms with Gasteiger partial charge in [0.1, 0.15) is 0 Å². The lowest BCUT2D eigenvalue weighted by Crippen LogP contribution is -2.05. The van der Waals surface area contributed by atoms with E-state index < -0.39 is 0 Å². The summed E-state index contributed by atoms with van der Waals surface area (Å²) in [6, 6.07) is 14.5. The number of Topliss-reactive ketones (excluding diaryl/α,β-unsaturated/α-hetero) is 1. The Morgan fingerprint density at radius 1 is 1.05 bits per heavy atom. The van der Waals surface area contributed by atoms with E-state index >= 15 is 0 Å². The maximum atomic E-state index is 12.5. The zero-order valence-electron chi connectivity index (χ0n) is 11.0. The van der Waals surface area contributed by atoms with Crippen molar-refractivity contribution in [2.75, 3.05) is 0 Å². The number of hydrogen-bond donors (Lipinski definition) is 0. The Hall–Kier alpha value is -1.90. The molecule has 21 heavy (non-hydrogen) atoms. The minimum atomic E-state index is -0.0106. The number of halogens is 2. The van der Waals surface area contributed by atoms with Crippen LogP contribution in [0.2, 0.25) is 10.0 Å². The lowest BCUT2D eigenvalue weighted by Gasteiger charge is -2.07. The van der Waals surface area contributed by atoms with Crippen molar-refractivity contribution in [2.45, 2.75) is 6.42 Å². The third-order valence-electron chi connectivity index (χ3n) is 3.30. The van der Waals surface area contributed by atoms with Gasteiger partial charge in [-0.3, -0.25) is 9.78 Å². The molecule has 3 rings (SSSR count). The fourth-order valence-electron chi connectivity index (χ4n) is 2.26. The quantitative estimate of drug-likeness (QED) is 0.639. The molecule has 0 aliphatic rings. The topological polar surface area (TPSA) is 30.0 Å². The largest absolute Gasteiger partial charge is 0.294 e. The van der Waals surface area contributed by atoms with Gasteiger partial charge in [-0.15, -0.1) is 0 Å². The van der Waals surface area contributed by atoms with Gasteiger partial charge in [0.2, 0.25) is 0 Å². The van der Waals surface area contributed by atoms with Crippen LogP contribution in [0.3, 0.4) is 0 Å². The summed E-state index contributed by atoms with van der Waals surface area (Å²) in [6.07, 6.45) is 1.92. The van der Waals surface area contributed by atoms with Gasteiger partial charge in [0.25, 0.3) is 0 Å². The van der Waals surface area contributed by atoms with Gasteiger partial charge in [0, 0.05) is 33.6 Å². The van der Waals surface area contributed by atoms with Gasteiger partial charge in [0.15, 0.2) is 5.78 Å². The van der Waals surface area contributed by atoms with Crippen molar-refractivity contribution in [2.24, 2.45) is 0 Å². The van der Waals surface area contributed by atoms with E-state index in [9.17, 15) is 4.79 Å². The number of rotatable bonds is 3. The fourth-order valence-corrected chi connectivity index (χ4v) is 2.74. The molecular weight excluding hydrogens is 305 g/mol. The molecule has 2 nitrogen and oxygen atoms in total. The Balaban J connectivity index is 1.97. The Morgan fingerprint density at radius 2 is 1.86 bits per heavy atom. The van der Waals surface area contributed by atoms with Crippen LogP contribution in [0.1, 0.15) is 15.9 Å². The summed E-state index contributed by atoms with van der Waals surface area (Å²) in [5.74, 6) is -0.0106. The molecular formula is C17H11Cl2NO. The second kappa shape index (κ2) is 5.84. The molecule has 2 aromatic carbocycles. The third-order valence-corrected chi connectivity index (χ3v) is 3.89. The molecule has 0 amide bonds. The predicted octanol–water partition coefficient (Wildman–Crippen LogP) is 4.97. The molecule has 0 atom stereocenters. The number of pyridine rings is 1. The third kappa shape index (κ3) is 2.92. The number of fused-ring (bicyclic) bond motifs is 1. The standard InChI is InChI=1S/C17H11Cl2NO/c18-13-7-6-12(15(19)10-13)9-16(21)14-5-1-3-11-4-2-8-20-17(11)14/h1-8,10H,9H2. The first-order valence-corrected chi connectivity index (χ1v) is 7.21. The molecule has 1 heterocycles. The number of aromatic nitrogens is 1. The summed E-state index contributed by atoms with van der Waals surface area (Å²) in [5, 5.41) is 2.01. The number of benzene rings is 2. The number of carbonyl (C=O) groups is 1. The van der Waals surface area contributed by atoms with E-state index in [-0.39, 0.29) is 12.2 Å². The van der Waals surface area contributed by atoms with Crippen LogP contribution >= 0.6 is 23.2 Å². The second-order valence-electron chi connectivity index (χ2n) is 4.72. The molecule has 1 aromatic heterocycles. The van der Waals surface area contributed by atoms with Crippen LogP contribution in [-0.4, -0.2) is 10.8 Å². The summed E-state index contributed by atoms with van der Waals surface area (Å²) in [7, 11) is 0. The van der Waals surface area contributed by atoms with E-state index in [4.69, 9.17) is 23.2 Å². The van der Waals surface area contributed by atoms with Crippen molar-refractivity contribution < 1.29 is 4.79 Å². The van der Waals surface area contributed by atoms with Crippen molar-refractivity contribution in [1.82, 2.24) is 4.98 Å². The predicted molar refractivity (Wildman–Crippen MR) is 86.2 cm³/mol. The van der Waals surface area contributed by atoms with Crippen molar-refractivity contribution >= 4 is 39.9 Å². The molecule has 0 fully saturated rings. The summed E-state index contributed by atoms with van der Waals surface area (Å²) in [4.78, 5) is 16.8. The van der Waals surface area contributed by atoms with Gasteiger partial charge >= 0.3 is 0 Å². The van der Waals surface area contributed by atoms with Crippen molar-refractivity contribution in [3.05, 3.63) is 75.9 Å². The second-order valence-corrected chi connectivity index (χ2v) is 5.56. The highest BCUT2D eigenvalue weighted by molar-refractivity contribution is 6.35. The molecule has 104 valence electrons. The number of ketones is 1. The molecule has 3 aromatic rings. The highest BCUT2D eigenvalue weighted by Gasteiger charge is 2.13. The molecule has 0 unspecified atom stereocenters. The molecule has 0 radical (unpaired) electrons. The van der Waals surface area contributed by atoms with Crippen LogP contribution in [-0.2, 0) is 6.42 Å². The lowest BCUT2D eigenvalue weighted by atomic mass is 10.0. The zero-order valence-corrected chi connectivity index (χ0v) is 12.5. The SMILES string of the molecule is O=C(Cc1ccc(Cl)cc1Cl)c1cccc2cccnc12. The lowest BCUT2D eigenvalue weighted by molar-refractivity contribution is 0.0994. The molecule has 0 spiro atoms. The van der Waals surface area contributed by atoms with E-state index in [0.29, 0.717) is 15.6 Å². The first-order chi connectivity index (χ1) is 10.1. The molecule has 4 heteroatoms. The summed E-state index contributed by atoms with van der Waals surface area (Å²) in [5.41, 5.74) is 2.09. The van der Waals surface area contributed by atoms with Crippen LogP contribution in [0, 0.1) is 0 Å². The van der Waals surface area contributed by atoms with Gasteiger partial charge in [-0.25, -0.2) is 0 Å². The van der Waals surface area contributed by atoms with Gasteiger partial charge in [-0.1, -0.05) is 47.5 Å². The number of hydrogen-bond acceptors (Lipinski definition) is 2. The Bertz CT molecular complexity index is 825. The van der Waals surface area contributed by atoms with Crippen LogP contribution in [0.5, 0.6) is 0 Å². The van der Waals surface area contributed by atoms with Crippen LogP contribution in [0.15, 0.2) is 54.7 Å². The first-order valence-electron chi connectivity index (χ1n) is 6.46. The minimum absolute atomic E-state index is 0.0106. The number of carbonyl (C=O) groups excluding carboxylic acids is 1. The van der Waals surface area contributed by atoms with Gasteiger partial charge in [-0.05, 0) is 29.8 Å². The normalized spacial score (nSPS) is 10.8. The Morgan fingerprint density at radius 3 is 2.67 bits per heavy atom. The molecule has 0 saturated heterocycles. The van der Waals surface area contributed by atoms with Gasteiger partial charge < -0.3 is 0 Å². The first kappa shape index (κ1) is 14.1. The molecule has 0 aliphatic heterocycles. The fraction of sp³-hybridized carbons (Fsp3) is 0.0588. The van der Waals surface area contributed by atoms with Crippen molar-refractivity contribution in [3.8, 4) is 0 Å². The summed E-state index contributed by atoms with van der Waals surface area (Å²) < 4.78 is 0. The maximum Gasteiger partial charge on any atom is 0.169 e. The zero-order chi connectivity index (χ0) is 14.8. The van der Waals surface area contributed by atoms with Gasteiger partial charge in [0.05, 0.1) is 5.52 Å². The average molecular weight is 316 g/mol. The Kier molecular flexibility index (Phi) is 3.91. The highest BCUT2D eigenvalue weighted by atomic mass is 35.5. The van der Waals surface area contributed by atoms with E-state index in [1.165, 1.54) is 0 Å². The molecule has 0 N–H and O–H groups in total. The molecule has 0 saturated carbocycles. The summed E-state index contributed by atoms with van der Waals surface area (Å²) in [6.45, 7) is 0. The average Bonchev–Trinajstić information content (AvgIpc) is 2.49. The molecule has 0 bridgehead atoms. The number of nitrogens with zero attached hydrogens (tertiary/aromatic N) is 1. The van der Waals surface area contributed by atoms with E-state index in [1.807, 2.05) is 24.3 Å². The monoisotopic (exact) mass is 315 g/mol. The van der Waals surface area contributed by atoms with Crippen molar-refractivity contribution in [3.63, 3.8) is 0 Å². The van der Waals surface area contributed by atoms with Crippen LogP contribution in [0.25, 0.3) is 10.9 Å². The number of para-hydroxylation sites is 1. The maximum absolute atomic E-state index is 12.5. The summed E-state index contributed by atoms with van der Waals surface area (Å²) >= 11 is 12.0. The van der Waals surface area contributed by atoms with E-state index in [0.717, 1.165) is 16.5 Å². The minimum Gasteiger partial charge on any atom is -0.294 e. The smallest absolute Gasteiger partial charge is 0.169 e. The Labute approximate surface area is 132 Å². The van der Waals surface area contributed by atoms with Gasteiger partial charge in [-0.2, -0.15) is 0 Å². The van der Waals surface area contributed by atoms with Crippen LogP contribution in [0.4, 0.5) is 0 Å².